The summed E-state index contributed by atoms with van der Waals surface area (Å²) in [6, 6.07) is 16.7. The quantitative estimate of drug-likeness (QED) is 0.736. The van der Waals surface area contributed by atoms with E-state index in [0.717, 1.165) is 38.0 Å². The highest BCUT2D eigenvalue weighted by molar-refractivity contribution is 7.99. The van der Waals surface area contributed by atoms with Crippen LogP contribution in [0.15, 0.2) is 53.4 Å². The van der Waals surface area contributed by atoms with Gasteiger partial charge in [0.15, 0.2) is 5.78 Å². The highest BCUT2D eigenvalue weighted by Crippen LogP contribution is 2.56. The fourth-order valence-corrected chi connectivity index (χ4v) is 6.62. The third kappa shape index (κ3) is 2.98. The van der Waals surface area contributed by atoms with Crippen molar-refractivity contribution in [2.75, 3.05) is 30.3 Å². The Labute approximate surface area is 171 Å². The van der Waals surface area contributed by atoms with Crippen LogP contribution in [0.2, 0.25) is 0 Å². The maximum Gasteiger partial charge on any atom is 0.162 e. The van der Waals surface area contributed by atoms with Gasteiger partial charge in [-0.15, -0.1) is 11.8 Å². The van der Waals surface area contributed by atoms with Gasteiger partial charge in [-0.3, -0.25) is 4.79 Å². The van der Waals surface area contributed by atoms with Crippen molar-refractivity contribution in [3.63, 3.8) is 0 Å². The molecule has 3 nitrogen and oxygen atoms in total. The molecule has 5 rings (SSSR count). The Morgan fingerprint density at radius 3 is 2.96 bits per heavy atom. The standard InChI is InChI=1S/C24H28N2OS/c27-21(18-7-2-1-3-8-18)10-5-12-24-13-14-25-17-20(24)19-9-4-11-22-23(19)26(24)15-6-16-28-22/h1-4,7-9,11,20,25H,5-6,10,12-17H2/t20-,24-/m0/s1. The molecular formula is C24H28N2OS. The molecule has 4 heteroatoms. The monoisotopic (exact) mass is 392 g/mol. The van der Waals surface area contributed by atoms with Crippen molar-refractivity contribution in [1.82, 2.24) is 5.32 Å². The first-order valence-corrected chi connectivity index (χ1v) is 11.6. The highest BCUT2D eigenvalue weighted by Gasteiger charge is 2.52. The van der Waals surface area contributed by atoms with Gasteiger partial charge in [-0.25, -0.2) is 0 Å². The van der Waals surface area contributed by atoms with Crippen molar-refractivity contribution in [3.8, 4) is 0 Å². The zero-order valence-corrected chi connectivity index (χ0v) is 17.1. The number of hydrogen-bond donors (Lipinski definition) is 1. The number of Topliss-reactive ketones (excluding diaryl/α,β-unsaturated/α-hetero) is 1. The van der Waals surface area contributed by atoms with E-state index in [-0.39, 0.29) is 11.3 Å². The van der Waals surface area contributed by atoms with Crippen LogP contribution in [-0.2, 0) is 0 Å². The Hall–Kier alpha value is -1.78. The Balaban J connectivity index is 1.40. The normalized spacial score (nSPS) is 25.7. The smallest absolute Gasteiger partial charge is 0.162 e. The van der Waals surface area contributed by atoms with E-state index >= 15 is 0 Å². The number of thioether (sulfide) groups is 1. The molecule has 1 saturated heterocycles. The third-order valence-corrected chi connectivity index (χ3v) is 7.97. The molecule has 3 aliphatic heterocycles. The van der Waals surface area contributed by atoms with Gasteiger partial charge in [-0.05, 0) is 49.6 Å². The van der Waals surface area contributed by atoms with Crippen LogP contribution in [0, 0.1) is 0 Å². The van der Waals surface area contributed by atoms with Crippen molar-refractivity contribution >= 4 is 23.2 Å². The van der Waals surface area contributed by atoms with E-state index in [1.165, 1.54) is 34.7 Å². The molecule has 0 spiro atoms. The minimum absolute atomic E-state index is 0.186. The van der Waals surface area contributed by atoms with Crippen LogP contribution >= 0.6 is 11.8 Å². The Morgan fingerprint density at radius 2 is 2.07 bits per heavy atom. The largest absolute Gasteiger partial charge is 0.364 e. The first-order valence-electron chi connectivity index (χ1n) is 10.6. The molecule has 3 heterocycles. The second kappa shape index (κ2) is 7.57. The second-order valence-corrected chi connectivity index (χ2v) is 9.44. The van der Waals surface area contributed by atoms with E-state index in [1.807, 2.05) is 42.1 Å². The number of carbonyl (C=O) groups is 1. The molecule has 0 radical (unpaired) electrons. The lowest BCUT2D eigenvalue weighted by molar-refractivity contribution is 0.0974. The Bertz CT molecular complexity index is 868. The van der Waals surface area contributed by atoms with Crippen molar-refractivity contribution in [3.05, 3.63) is 59.7 Å². The molecule has 0 amide bonds. The number of ketones is 1. The van der Waals surface area contributed by atoms with Gasteiger partial charge in [-0.1, -0.05) is 42.5 Å². The van der Waals surface area contributed by atoms with Gasteiger partial charge in [0, 0.05) is 41.4 Å². The summed E-state index contributed by atoms with van der Waals surface area (Å²) in [4.78, 5) is 16.9. The van der Waals surface area contributed by atoms with E-state index in [9.17, 15) is 4.79 Å². The second-order valence-electron chi connectivity index (χ2n) is 8.30. The first kappa shape index (κ1) is 18.3. The predicted octanol–water partition coefficient (Wildman–Crippen LogP) is 4.87. The molecule has 1 N–H and O–H groups in total. The van der Waals surface area contributed by atoms with Gasteiger partial charge < -0.3 is 10.2 Å². The number of benzene rings is 2. The van der Waals surface area contributed by atoms with Gasteiger partial charge in [0.25, 0.3) is 0 Å². The molecule has 3 aliphatic rings. The number of hydrogen-bond acceptors (Lipinski definition) is 4. The zero-order valence-electron chi connectivity index (χ0n) is 16.3. The van der Waals surface area contributed by atoms with Crippen LogP contribution in [-0.4, -0.2) is 36.7 Å². The number of carbonyl (C=O) groups excluding carboxylic acids is 1. The number of fused-ring (bicyclic) bond motifs is 3. The molecule has 1 fully saturated rings. The maximum atomic E-state index is 12.6. The molecule has 146 valence electrons. The Morgan fingerprint density at radius 1 is 1.18 bits per heavy atom. The van der Waals surface area contributed by atoms with E-state index in [1.54, 1.807) is 0 Å². The third-order valence-electron chi connectivity index (χ3n) is 6.84. The van der Waals surface area contributed by atoms with Crippen LogP contribution < -0.4 is 10.2 Å². The van der Waals surface area contributed by atoms with Crippen LogP contribution in [0.1, 0.15) is 53.9 Å². The number of nitrogens with zero attached hydrogens (tertiary/aromatic N) is 1. The average molecular weight is 393 g/mol. The minimum Gasteiger partial charge on any atom is -0.364 e. The van der Waals surface area contributed by atoms with E-state index in [4.69, 9.17) is 0 Å². The van der Waals surface area contributed by atoms with Gasteiger partial charge >= 0.3 is 0 Å². The molecule has 0 bridgehead atoms. The maximum absolute atomic E-state index is 12.6. The van der Waals surface area contributed by atoms with Crippen LogP contribution in [0.4, 0.5) is 5.69 Å². The molecule has 0 aromatic heterocycles. The summed E-state index contributed by atoms with van der Waals surface area (Å²) in [5.74, 6) is 2.03. The summed E-state index contributed by atoms with van der Waals surface area (Å²) in [5, 5.41) is 3.65. The van der Waals surface area contributed by atoms with Crippen LogP contribution in [0.5, 0.6) is 0 Å². The SMILES string of the molecule is O=C(CCC[C@]12CCNC[C@H]1c1cccc3c1N2CCCS3)c1ccccc1. The molecule has 2 atom stereocenters. The summed E-state index contributed by atoms with van der Waals surface area (Å²) in [5.41, 5.74) is 4.08. The van der Waals surface area contributed by atoms with E-state index in [0.29, 0.717) is 12.3 Å². The zero-order chi connectivity index (χ0) is 19.0. The average Bonchev–Trinajstić information content (AvgIpc) is 2.86. The van der Waals surface area contributed by atoms with Crippen LogP contribution in [0.3, 0.4) is 0 Å². The number of nitrogens with one attached hydrogen (secondary N) is 1. The number of rotatable bonds is 5. The molecule has 0 saturated carbocycles. The lowest BCUT2D eigenvalue weighted by Gasteiger charge is -2.47. The molecular weight excluding hydrogens is 364 g/mol. The summed E-state index contributed by atoms with van der Waals surface area (Å²) in [6.45, 7) is 3.29. The number of anilines is 1. The fourth-order valence-electron chi connectivity index (χ4n) is 5.58. The van der Waals surface area contributed by atoms with Gasteiger partial charge in [-0.2, -0.15) is 0 Å². The van der Waals surface area contributed by atoms with E-state index in [2.05, 4.69) is 28.4 Å². The Kier molecular flexibility index (Phi) is 4.93. The van der Waals surface area contributed by atoms with Gasteiger partial charge in [0.05, 0.1) is 5.69 Å². The highest BCUT2D eigenvalue weighted by atomic mass is 32.2. The van der Waals surface area contributed by atoms with E-state index < -0.39 is 0 Å². The van der Waals surface area contributed by atoms with Crippen molar-refractivity contribution < 1.29 is 4.79 Å². The molecule has 0 aliphatic carbocycles. The molecule has 0 unspecified atom stereocenters. The summed E-state index contributed by atoms with van der Waals surface area (Å²) < 4.78 is 0. The lowest BCUT2D eigenvalue weighted by atomic mass is 9.73. The van der Waals surface area contributed by atoms with Crippen molar-refractivity contribution in [2.24, 2.45) is 0 Å². The van der Waals surface area contributed by atoms with Gasteiger partial charge in [0.2, 0.25) is 0 Å². The molecule has 2 aromatic carbocycles. The predicted molar refractivity (Wildman–Crippen MR) is 117 cm³/mol. The number of piperidine rings is 1. The van der Waals surface area contributed by atoms with Crippen molar-refractivity contribution in [2.45, 2.75) is 48.5 Å². The topological polar surface area (TPSA) is 32.3 Å². The fraction of sp³-hybridized carbons (Fsp3) is 0.458. The molecule has 28 heavy (non-hydrogen) atoms. The summed E-state index contributed by atoms with van der Waals surface area (Å²) in [6.07, 6.45) is 5.14. The van der Waals surface area contributed by atoms with Gasteiger partial charge in [0.1, 0.15) is 0 Å². The molecule has 2 aromatic rings. The van der Waals surface area contributed by atoms with Crippen LogP contribution in [0.25, 0.3) is 0 Å². The number of para-hydroxylation sites is 1. The minimum atomic E-state index is 0.186. The summed E-state index contributed by atoms with van der Waals surface area (Å²) >= 11 is 2.02. The summed E-state index contributed by atoms with van der Waals surface area (Å²) in [7, 11) is 0. The first-order chi connectivity index (χ1) is 13.8. The lowest BCUT2D eigenvalue weighted by Crippen LogP contribution is -2.56. The van der Waals surface area contributed by atoms with Crippen molar-refractivity contribution in [1.29, 1.82) is 0 Å².